The van der Waals surface area contributed by atoms with Crippen molar-refractivity contribution in [3.8, 4) is 0 Å². The Labute approximate surface area is 185 Å². The number of guanidine groups is 1. The van der Waals surface area contributed by atoms with Crippen molar-refractivity contribution in [1.82, 2.24) is 30.7 Å². The molecule has 0 aliphatic rings. The zero-order valence-electron chi connectivity index (χ0n) is 18.0. The highest BCUT2D eigenvalue weighted by atomic mass is 127. The second-order valence-electron chi connectivity index (χ2n) is 7.38. The highest BCUT2D eigenvalue weighted by Crippen LogP contribution is 2.06. The van der Waals surface area contributed by atoms with Crippen LogP contribution in [0.1, 0.15) is 58.6 Å². The maximum Gasteiger partial charge on any atom is 0.407 e. The van der Waals surface area contributed by atoms with Crippen LogP contribution in [0.15, 0.2) is 4.99 Å². The first-order valence-electron chi connectivity index (χ1n) is 9.57. The summed E-state index contributed by atoms with van der Waals surface area (Å²) in [5.41, 5.74) is -0.483. The Hall–Kier alpha value is -1.59. The third kappa shape index (κ3) is 11.3. The van der Waals surface area contributed by atoms with Crippen molar-refractivity contribution in [2.24, 2.45) is 12.0 Å². The minimum atomic E-state index is -0.483. The lowest BCUT2D eigenvalue weighted by atomic mass is 10.2. The maximum atomic E-state index is 11.6. The molecule has 0 aliphatic carbocycles. The Bertz CT molecular complexity index is 612. The van der Waals surface area contributed by atoms with Crippen molar-refractivity contribution in [1.29, 1.82) is 0 Å². The van der Waals surface area contributed by atoms with Gasteiger partial charge < -0.3 is 25.3 Å². The Morgan fingerprint density at radius 1 is 1.11 bits per heavy atom. The van der Waals surface area contributed by atoms with Crippen molar-refractivity contribution in [3.05, 3.63) is 11.6 Å². The van der Waals surface area contributed by atoms with Crippen molar-refractivity contribution in [3.63, 3.8) is 0 Å². The number of hydrogen-bond donors (Lipinski definition) is 3. The van der Waals surface area contributed by atoms with Gasteiger partial charge in [-0.2, -0.15) is 0 Å². The summed E-state index contributed by atoms with van der Waals surface area (Å²) < 4.78 is 7.14. The average molecular weight is 509 g/mol. The van der Waals surface area contributed by atoms with Gasteiger partial charge in [-0.1, -0.05) is 13.3 Å². The molecule has 0 saturated heterocycles. The van der Waals surface area contributed by atoms with Crippen molar-refractivity contribution in [2.45, 2.75) is 66.0 Å². The van der Waals surface area contributed by atoms with Crippen molar-refractivity contribution < 1.29 is 9.53 Å². The molecule has 1 amide bonds. The molecule has 1 rings (SSSR count). The number of halogens is 1. The molecule has 0 bridgehead atoms. The zero-order chi connectivity index (χ0) is 20.3. The largest absolute Gasteiger partial charge is 0.444 e. The third-order valence-electron chi connectivity index (χ3n) is 3.70. The van der Waals surface area contributed by atoms with Gasteiger partial charge in [-0.05, 0) is 40.5 Å². The van der Waals surface area contributed by atoms with E-state index in [1.165, 1.54) is 0 Å². The third-order valence-corrected chi connectivity index (χ3v) is 3.70. The van der Waals surface area contributed by atoms with Crippen LogP contribution >= 0.6 is 24.0 Å². The number of carbonyl (C=O) groups is 1. The lowest BCUT2D eigenvalue weighted by molar-refractivity contribution is 0.0527. The number of rotatable bonds is 9. The van der Waals surface area contributed by atoms with Crippen LogP contribution in [0.25, 0.3) is 0 Å². The normalized spacial score (nSPS) is 11.6. The van der Waals surface area contributed by atoms with Crippen LogP contribution in [0.2, 0.25) is 0 Å². The number of hydrogen-bond acceptors (Lipinski definition) is 5. The van der Waals surface area contributed by atoms with Gasteiger partial charge in [0.2, 0.25) is 0 Å². The molecule has 0 atom stereocenters. The summed E-state index contributed by atoms with van der Waals surface area (Å²) in [5.74, 6) is 2.42. The molecule has 0 radical (unpaired) electrons. The molecule has 0 spiro atoms. The quantitative estimate of drug-likeness (QED) is 0.205. The standard InChI is InChI=1S/C18H35N7O2.HI/c1-7-8-10-19-16(22-13-15-24-23-14(2)25(15)6)20-11-9-12-21-17(26)27-18(3,4)5;/h7-13H2,1-6H3,(H,21,26)(H2,19,20,22);1H. The summed E-state index contributed by atoms with van der Waals surface area (Å²) in [7, 11) is 1.93. The van der Waals surface area contributed by atoms with E-state index in [-0.39, 0.29) is 24.0 Å². The molecule has 162 valence electrons. The molecule has 9 nitrogen and oxygen atoms in total. The number of aryl methyl sites for hydroxylation is 1. The van der Waals surface area contributed by atoms with E-state index in [9.17, 15) is 4.79 Å². The van der Waals surface area contributed by atoms with Gasteiger partial charge in [0.15, 0.2) is 11.8 Å². The Morgan fingerprint density at radius 3 is 2.25 bits per heavy atom. The molecule has 0 aromatic carbocycles. The van der Waals surface area contributed by atoms with Crippen LogP contribution in [-0.4, -0.2) is 52.1 Å². The number of ether oxygens (including phenoxy) is 1. The fourth-order valence-electron chi connectivity index (χ4n) is 2.10. The van der Waals surface area contributed by atoms with E-state index in [1.54, 1.807) is 0 Å². The molecule has 1 aromatic heterocycles. The summed E-state index contributed by atoms with van der Waals surface area (Å²) >= 11 is 0. The molecular formula is C18H36IN7O2. The Morgan fingerprint density at radius 2 is 1.71 bits per heavy atom. The number of nitrogens with zero attached hydrogens (tertiary/aromatic N) is 4. The molecule has 0 saturated carbocycles. The number of nitrogens with one attached hydrogen (secondary N) is 3. The van der Waals surface area contributed by atoms with Crippen LogP contribution in [0.3, 0.4) is 0 Å². The molecule has 1 heterocycles. The molecule has 28 heavy (non-hydrogen) atoms. The lowest BCUT2D eigenvalue weighted by Gasteiger charge is -2.19. The van der Waals surface area contributed by atoms with Gasteiger partial charge in [0.1, 0.15) is 18.0 Å². The molecular weight excluding hydrogens is 473 g/mol. The van der Waals surface area contributed by atoms with Crippen molar-refractivity contribution in [2.75, 3.05) is 19.6 Å². The highest BCUT2D eigenvalue weighted by molar-refractivity contribution is 14.0. The lowest BCUT2D eigenvalue weighted by Crippen LogP contribution is -2.39. The Balaban J connectivity index is 0.00000729. The van der Waals surface area contributed by atoms with Gasteiger partial charge in [0.05, 0.1) is 0 Å². The minimum Gasteiger partial charge on any atom is -0.444 e. The second kappa shape index (κ2) is 13.6. The molecule has 10 heteroatoms. The van der Waals surface area contributed by atoms with Crippen LogP contribution in [0, 0.1) is 6.92 Å². The van der Waals surface area contributed by atoms with Gasteiger partial charge in [-0.3, -0.25) is 0 Å². The van der Waals surface area contributed by atoms with Crippen LogP contribution in [0.5, 0.6) is 0 Å². The van der Waals surface area contributed by atoms with Gasteiger partial charge in [-0.15, -0.1) is 34.2 Å². The number of aromatic nitrogens is 3. The smallest absolute Gasteiger partial charge is 0.407 e. The van der Waals surface area contributed by atoms with Crippen LogP contribution < -0.4 is 16.0 Å². The molecule has 0 unspecified atom stereocenters. The number of aliphatic imine (C=N–C) groups is 1. The van der Waals surface area contributed by atoms with E-state index < -0.39 is 11.7 Å². The van der Waals surface area contributed by atoms with Gasteiger partial charge in [0.25, 0.3) is 0 Å². The van der Waals surface area contributed by atoms with Crippen LogP contribution in [-0.2, 0) is 18.3 Å². The van der Waals surface area contributed by atoms with E-state index in [1.807, 2.05) is 39.3 Å². The second-order valence-corrected chi connectivity index (χ2v) is 7.38. The van der Waals surface area contributed by atoms with Gasteiger partial charge in [-0.25, -0.2) is 9.79 Å². The van der Waals surface area contributed by atoms with Gasteiger partial charge >= 0.3 is 6.09 Å². The first-order valence-corrected chi connectivity index (χ1v) is 9.57. The number of alkyl carbamates (subject to hydrolysis) is 1. The summed E-state index contributed by atoms with van der Waals surface area (Å²) in [6.45, 7) is 12.1. The fraction of sp³-hybridized carbons (Fsp3) is 0.778. The summed E-state index contributed by atoms with van der Waals surface area (Å²) in [4.78, 5) is 16.2. The van der Waals surface area contributed by atoms with E-state index in [0.29, 0.717) is 19.6 Å². The van der Waals surface area contributed by atoms with E-state index in [0.717, 1.165) is 43.4 Å². The molecule has 0 aliphatic heterocycles. The monoisotopic (exact) mass is 509 g/mol. The summed E-state index contributed by atoms with van der Waals surface area (Å²) in [6, 6.07) is 0. The Kier molecular flexibility index (Phi) is 12.8. The first kappa shape index (κ1) is 26.4. The first-order chi connectivity index (χ1) is 12.7. The molecule has 0 fully saturated rings. The van der Waals surface area contributed by atoms with Crippen molar-refractivity contribution >= 4 is 36.0 Å². The van der Waals surface area contributed by atoms with E-state index >= 15 is 0 Å². The fourth-order valence-corrected chi connectivity index (χ4v) is 2.10. The number of carbonyl (C=O) groups excluding carboxylic acids is 1. The number of unbranched alkanes of at least 4 members (excludes halogenated alkanes) is 1. The summed E-state index contributed by atoms with van der Waals surface area (Å²) in [5, 5.41) is 17.5. The SMILES string of the molecule is CCCCNC(=NCc1nnc(C)n1C)NCCCNC(=O)OC(C)(C)C.I. The van der Waals surface area contributed by atoms with E-state index in [2.05, 4.69) is 38.1 Å². The van der Waals surface area contributed by atoms with Gasteiger partial charge in [0, 0.05) is 26.7 Å². The maximum absolute atomic E-state index is 11.6. The molecule has 3 N–H and O–H groups in total. The van der Waals surface area contributed by atoms with E-state index in [4.69, 9.17) is 4.74 Å². The molecule has 1 aromatic rings. The minimum absolute atomic E-state index is 0. The average Bonchev–Trinajstić information content (AvgIpc) is 2.89. The predicted octanol–water partition coefficient (Wildman–Crippen LogP) is 2.49. The number of amides is 1. The topological polar surface area (TPSA) is 105 Å². The zero-order valence-corrected chi connectivity index (χ0v) is 20.3. The predicted molar refractivity (Wildman–Crippen MR) is 122 cm³/mol. The summed E-state index contributed by atoms with van der Waals surface area (Å²) in [6.07, 6.45) is 2.55. The van der Waals surface area contributed by atoms with Crippen LogP contribution in [0.4, 0.5) is 4.79 Å². The highest BCUT2D eigenvalue weighted by Gasteiger charge is 2.15.